The number of aryl methyl sites for hydroxylation is 1. The van der Waals surface area contributed by atoms with Crippen molar-refractivity contribution in [2.75, 3.05) is 0 Å². The van der Waals surface area contributed by atoms with Gasteiger partial charge < -0.3 is 0 Å². The van der Waals surface area contributed by atoms with Crippen LogP contribution in [0.2, 0.25) is 0 Å². The van der Waals surface area contributed by atoms with E-state index in [0.29, 0.717) is 5.56 Å². The van der Waals surface area contributed by atoms with Gasteiger partial charge in [0.1, 0.15) is 0 Å². The number of nitrogens with one attached hydrogen (secondary N) is 1. The molecule has 0 radical (unpaired) electrons. The van der Waals surface area contributed by atoms with Crippen molar-refractivity contribution in [2.45, 2.75) is 52.4 Å². The molecule has 5 rings (SSSR count). The summed E-state index contributed by atoms with van der Waals surface area (Å²) in [6, 6.07) is 7.67. The van der Waals surface area contributed by atoms with Crippen molar-refractivity contribution in [3.05, 3.63) is 35.4 Å². The number of hydrazone groups is 1. The number of nitrogens with zero attached hydrogens (tertiary/aromatic N) is 1. The number of rotatable bonds is 3. The van der Waals surface area contributed by atoms with Crippen molar-refractivity contribution < 1.29 is 4.79 Å². The number of hydrogen-bond donors (Lipinski definition) is 1. The van der Waals surface area contributed by atoms with Crippen molar-refractivity contribution in [3.8, 4) is 0 Å². The van der Waals surface area contributed by atoms with Crippen molar-refractivity contribution in [1.82, 2.24) is 5.43 Å². The largest absolute Gasteiger partial charge is 0.271 e. The topological polar surface area (TPSA) is 41.5 Å². The Bertz CT molecular complexity index is 626. The van der Waals surface area contributed by atoms with Gasteiger partial charge in [0, 0.05) is 16.7 Å². The molecular weight excluding hydrogens is 284 g/mol. The molecule has 0 atom stereocenters. The molecule has 0 unspecified atom stereocenters. The number of benzene rings is 1. The number of carbonyl (C=O) groups is 1. The van der Waals surface area contributed by atoms with Crippen LogP contribution in [0.4, 0.5) is 0 Å². The Balaban J connectivity index is 1.49. The zero-order valence-corrected chi connectivity index (χ0v) is 14.1. The molecule has 1 N–H and O–H groups in total. The van der Waals surface area contributed by atoms with E-state index >= 15 is 0 Å². The lowest BCUT2D eigenvalue weighted by atomic mass is 9.48. The first kappa shape index (κ1) is 14.9. The summed E-state index contributed by atoms with van der Waals surface area (Å²) in [6.45, 7) is 4.13. The van der Waals surface area contributed by atoms with Crippen LogP contribution in [-0.2, 0) is 0 Å². The highest BCUT2D eigenvalue weighted by atomic mass is 16.2. The highest BCUT2D eigenvalue weighted by Crippen LogP contribution is 2.60. The lowest BCUT2D eigenvalue weighted by Crippen LogP contribution is -2.49. The predicted octanol–water partition coefficient (Wildman–Crippen LogP) is 4.32. The fraction of sp³-hybridized carbons (Fsp3) is 0.600. The van der Waals surface area contributed by atoms with E-state index in [-0.39, 0.29) is 11.3 Å². The fourth-order valence-electron chi connectivity index (χ4n) is 5.66. The summed E-state index contributed by atoms with van der Waals surface area (Å²) in [5.41, 5.74) is 6.01. The number of hydrogen-bond acceptors (Lipinski definition) is 2. The second kappa shape index (κ2) is 5.47. The molecule has 4 fully saturated rings. The van der Waals surface area contributed by atoms with Crippen LogP contribution in [0.15, 0.2) is 29.4 Å². The number of carbonyl (C=O) groups excluding carboxylic acids is 1. The van der Waals surface area contributed by atoms with Gasteiger partial charge in [-0.3, -0.25) is 4.79 Å². The van der Waals surface area contributed by atoms with E-state index in [4.69, 9.17) is 0 Å². The van der Waals surface area contributed by atoms with Crippen molar-refractivity contribution in [2.24, 2.45) is 28.3 Å². The van der Waals surface area contributed by atoms with Crippen LogP contribution in [0.25, 0.3) is 0 Å². The minimum Gasteiger partial charge on any atom is -0.267 e. The molecule has 1 aromatic rings. The Morgan fingerprint density at radius 1 is 1.13 bits per heavy atom. The van der Waals surface area contributed by atoms with Gasteiger partial charge in [0.2, 0.25) is 0 Å². The van der Waals surface area contributed by atoms with Gasteiger partial charge in [-0.25, -0.2) is 5.43 Å². The van der Waals surface area contributed by atoms with Gasteiger partial charge >= 0.3 is 0 Å². The Labute approximate surface area is 138 Å². The summed E-state index contributed by atoms with van der Waals surface area (Å²) in [4.78, 5) is 12.3. The Morgan fingerprint density at radius 3 is 2.30 bits per heavy atom. The molecule has 1 amide bonds. The summed E-state index contributed by atoms with van der Waals surface area (Å²) in [7, 11) is 0. The molecule has 4 aliphatic rings. The third-order valence-corrected chi connectivity index (χ3v) is 6.41. The normalized spacial score (nSPS) is 35.4. The van der Waals surface area contributed by atoms with Gasteiger partial charge in [-0.15, -0.1) is 0 Å². The molecule has 0 aliphatic heterocycles. The first-order valence-corrected chi connectivity index (χ1v) is 8.96. The summed E-state index contributed by atoms with van der Waals surface area (Å²) < 4.78 is 0. The molecule has 3 heteroatoms. The first-order chi connectivity index (χ1) is 11.0. The van der Waals surface area contributed by atoms with Gasteiger partial charge in [-0.05, 0) is 82.3 Å². The minimum absolute atomic E-state index is 0.0993. The van der Waals surface area contributed by atoms with Crippen LogP contribution < -0.4 is 5.43 Å². The van der Waals surface area contributed by atoms with E-state index in [1.807, 2.05) is 31.2 Å². The highest BCUT2D eigenvalue weighted by Gasteiger charge is 2.52. The quantitative estimate of drug-likeness (QED) is 0.655. The summed E-state index contributed by atoms with van der Waals surface area (Å²) >= 11 is 0. The van der Waals surface area contributed by atoms with Gasteiger partial charge in [0.25, 0.3) is 5.91 Å². The highest BCUT2D eigenvalue weighted by molar-refractivity contribution is 5.96. The lowest BCUT2D eigenvalue weighted by molar-refractivity contribution is -0.0128. The molecular formula is C20H26N2O. The second-order valence-corrected chi connectivity index (χ2v) is 8.21. The SMILES string of the molecule is C/C(=N/NC(=O)c1cccc(C)c1)C12CC3CC(CC(C3)C1)C2. The average Bonchev–Trinajstić information content (AvgIpc) is 2.51. The minimum atomic E-state index is -0.0993. The average molecular weight is 310 g/mol. The van der Waals surface area contributed by atoms with Crippen LogP contribution in [0.3, 0.4) is 0 Å². The molecule has 3 nitrogen and oxygen atoms in total. The van der Waals surface area contributed by atoms with Gasteiger partial charge in [0.15, 0.2) is 0 Å². The van der Waals surface area contributed by atoms with Crippen molar-refractivity contribution in [3.63, 3.8) is 0 Å². The van der Waals surface area contributed by atoms with E-state index in [1.54, 1.807) is 0 Å². The molecule has 4 saturated carbocycles. The van der Waals surface area contributed by atoms with Crippen LogP contribution in [-0.4, -0.2) is 11.6 Å². The zero-order chi connectivity index (χ0) is 16.0. The third kappa shape index (κ3) is 2.71. The van der Waals surface area contributed by atoms with E-state index in [2.05, 4.69) is 17.5 Å². The molecule has 0 saturated heterocycles. The zero-order valence-electron chi connectivity index (χ0n) is 14.1. The second-order valence-electron chi connectivity index (χ2n) is 8.21. The van der Waals surface area contributed by atoms with E-state index in [0.717, 1.165) is 29.0 Å². The maximum Gasteiger partial charge on any atom is 0.271 e. The maximum atomic E-state index is 12.3. The Morgan fingerprint density at radius 2 is 1.74 bits per heavy atom. The van der Waals surface area contributed by atoms with E-state index in [9.17, 15) is 4.79 Å². The Kier molecular flexibility index (Phi) is 3.55. The molecule has 4 aliphatic carbocycles. The molecule has 122 valence electrons. The maximum absolute atomic E-state index is 12.3. The monoisotopic (exact) mass is 310 g/mol. The van der Waals surface area contributed by atoms with Crippen LogP contribution in [0.1, 0.15) is 61.4 Å². The summed E-state index contributed by atoms with van der Waals surface area (Å²) in [5, 5.41) is 4.54. The first-order valence-electron chi connectivity index (χ1n) is 8.96. The van der Waals surface area contributed by atoms with Crippen molar-refractivity contribution >= 4 is 11.6 Å². The standard InChI is InChI=1S/C20H26N2O/c1-13-4-3-5-18(6-13)19(23)22-21-14(2)20-10-15-7-16(11-20)9-17(8-15)12-20/h3-6,15-17H,7-12H2,1-2H3,(H,22,23)/b21-14-. The Hall–Kier alpha value is -1.64. The molecule has 1 aromatic carbocycles. The molecule has 23 heavy (non-hydrogen) atoms. The van der Waals surface area contributed by atoms with Crippen LogP contribution in [0, 0.1) is 30.1 Å². The van der Waals surface area contributed by atoms with Crippen LogP contribution >= 0.6 is 0 Å². The smallest absolute Gasteiger partial charge is 0.267 e. The third-order valence-electron chi connectivity index (χ3n) is 6.41. The molecule has 4 bridgehead atoms. The van der Waals surface area contributed by atoms with E-state index in [1.165, 1.54) is 38.5 Å². The van der Waals surface area contributed by atoms with Gasteiger partial charge in [0.05, 0.1) is 0 Å². The van der Waals surface area contributed by atoms with Gasteiger partial charge in [-0.1, -0.05) is 17.7 Å². The fourth-order valence-corrected chi connectivity index (χ4v) is 5.66. The predicted molar refractivity (Wildman–Crippen MR) is 92.4 cm³/mol. The molecule has 0 spiro atoms. The summed E-state index contributed by atoms with van der Waals surface area (Å²) in [6.07, 6.45) is 8.16. The molecule has 0 aromatic heterocycles. The van der Waals surface area contributed by atoms with E-state index < -0.39 is 0 Å². The van der Waals surface area contributed by atoms with Gasteiger partial charge in [-0.2, -0.15) is 5.10 Å². The summed E-state index contributed by atoms with van der Waals surface area (Å²) in [5.74, 6) is 2.61. The van der Waals surface area contributed by atoms with Crippen molar-refractivity contribution in [1.29, 1.82) is 0 Å². The lowest BCUT2D eigenvalue weighted by Gasteiger charge is -2.56. The van der Waals surface area contributed by atoms with Crippen LogP contribution in [0.5, 0.6) is 0 Å². The molecule has 0 heterocycles. The number of amides is 1.